The average Bonchev–Trinajstić information content (AvgIpc) is 3.18. The standard InChI is InChI=1S/C17H19BrN4O3/c1-10(2)14-13(18)15(21-20-14)16(23)19-9-11-4-3-5-12(8-11)22-6-7-25-17(22)24/h3-5,8,10H,6-7,9H2,1-2H3,(H,19,23)(H,20,21). The van der Waals surface area contributed by atoms with Gasteiger partial charge in [0.05, 0.1) is 16.7 Å². The van der Waals surface area contributed by atoms with E-state index >= 15 is 0 Å². The van der Waals surface area contributed by atoms with Crippen LogP contribution in [0.4, 0.5) is 10.5 Å². The molecule has 0 spiro atoms. The first-order valence-corrected chi connectivity index (χ1v) is 8.82. The summed E-state index contributed by atoms with van der Waals surface area (Å²) in [6.45, 7) is 5.31. The van der Waals surface area contributed by atoms with Crippen molar-refractivity contribution in [1.29, 1.82) is 0 Å². The summed E-state index contributed by atoms with van der Waals surface area (Å²) in [6, 6.07) is 7.46. The Morgan fingerprint density at radius 3 is 2.92 bits per heavy atom. The number of carbonyl (C=O) groups excluding carboxylic acids is 2. The largest absolute Gasteiger partial charge is 0.447 e. The van der Waals surface area contributed by atoms with Crippen LogP contribution in [0.15, 0.2) is 28.7 Å². The molecular formula is C17H19BrN4O3. The van der Waals surface area contributed by atoms with Crippen LogP contribution in [0.25, 0.3) is 0 Å². The van der Waals surface area contributed by atoms with Gasteiger partial charge in [-0.05, 0) is 39.5 Å². The van der Waals surface area contributed by atoms with Crippen LogP contribution in [0.3, 0.4) is 0 Å². The van der Waals surface area contributed by atoms with E-state index in [1.54, 1.807) is 4.90 Å². The molecule has 1 aromatic carbocycles. The zero-order valence-corrected chi connectivity index (χ0v) is 15.6. The fourth-order valence-electron chi connectivity index (χ4n) is 2.60. The highest BCUT2D eigenvalue weighted by atomic mass is 79.9. The van der Waals surface area contributed by atoms with Crippen molar-refractivity contribution in [3.63, 3.8) is 0 Å². The highest BCUT2D eigenvalue weighted by Crippen LogP contribution is 2.25. The number of rotatable bonds is 5. The quantitative estimate of drug-likeness (QED) is 0.797. The summed E-state index contributed by atoms with van der Waals surface area (Å²) in [5.74, 6) is -0.0265. The number of H-pyrrole nitrogens is 1. The number of cyclic esters (lactones) is 1. The van der Waals surface area contributed by atoms with Gasteiger partial charge in [-0.15, -0.1) is 0 Å². The molecule has 8 heteroatoms. The van der Waals surface area contributed by atoms with Gasteiger partial charge in [-0.3, -0.25) is 14.8 Å². The van der Waals surface area contributed by atoms with Crippen LogP contribution in [0, 0.1) is 0 Å². The molecule has 2 aromatic rings. The first kappa shape index (κ1) is 17.5. The fraction of sp³-hybridized carbons (Fsp3) is 0.353. The minimum absolute atomic E-state index is 0.236. The van der Waals surface area contributed by atoms with Crippen molar-refractivity contribution in [3.8, 4) is 0 Å². The molecule has 3 rings (SSSR count). The molecule has 0 unspecified atom stereocenters. The van der Waals surface area contributed by atoms with E-state index < -0.39 is 0 Å². The number of aromatic amines is 1. The summed E-state index contributed by atoms with van der Waals surface area (Å²) in [5, 5.41) is 9.83. The number of benzene rings is 1. The normalized spacial score (nSPS) is 14.1. The number of hydrogen-bond donors (Lipinski definition) is 2. The van der Waals surface area contributed by atoms with Crippen molar-refractivity contribution >= 4 is 33.6 Å². The van der Waals surface area contributed by atoms with Gasteiger partial charge >= 0.3 is 6.09 Å². The van der Waals surface area contributed by atoms with Gasteiger partial charge in [-0.1, -0.05) is 26.0 Å². The second kappa shape index (κ2) is 7.26. The second-order valence-electron chi connectivity index (χ2n) is 6.07. The molecule has 1 aliphatic rings. The Labute approximate surface area is 153 Å². The van der Waals surface area contributed by atoms with E-state index in [0.29, 0.717) is 29.9 Å². The molecule has 132 valence electrons. The van der Waals surface area contributed by atoms with Gasteiger partial charge in [0.25, 0.3) is 5.91 Å². The predicted octanol–water partition coefficient (Wildman–Crippen LogP) is 3.18. The first-order valence-electron chi connectivity index (χ1n) is 8.02. The molecule has 2 N–H and O–H groups in total. The summed E-state index contributed by atoms with van der Waals surface area (Å²) in [4.78, 5) is 25.6. The lowest BCUT2D eigenvalue weighted by molar-refractivity contribution is 0.0945. The van der Waals surface area contributed by atoms with Crippen molar-refractivity contribution in [2.24, 2.45) is 0 Å². The van der Waals surface area contributed by atoms with Crippen LogP contribution >= 0.6 is 15.9 Å². The third-order valence-corrected chi connectivity index (χ3v) is 4.76. The Kier molecular flexibility index (Phi) is 5.08. The molecule has 0 radical (unpaired) electrons. The monoisotopic (exact) mass is 406 g/mol. The third kappa shape index (κ3) is 3.68. The van der Waals surface area contributed by atoms with Gasteiger partial charge < -0.3 is 10.1 Å². The van der Waals surface area contributed by atoms with Gasteiger partial charge in [-0.2, -0.15) is 5.10 Å². The molecule has 25 heavy (non-hydrogen) atoms. The van der Waals surface area contributed by atoms with Crippen molar-refractivity contribution in [1.82, 2.24) is 15.5 Å². The molecule has 0 aliphatic carbocycles. The number of aromatic nitrogens is 2. The zero-order chi connectivity index (χ0) is 18.0. The fourth-order valence-corrected chi connectivity index (χ4v) is 3.42. The van der Waals surface area contributed by atoms with Gasteiger partial charge in [-0.25, -0.2) is 4.79 Å². The lowest BCUT2D eigenvalue weighted by Crippen LogP contribution is -2.25. The van der Waals surface area contributed by atoms with Crippen molar-refractivity contribution < 1.29 is 14.3 Å². The van der Waals surface area contributed by atoms with E-state index in [9.17, 15) is 9.59 Å². The van der Waals surface area contributed by atoms with Crippen molar-refractivity contribution in [2.75, 3.05) is 18.1 Å². The molecule has 0 saturated carbocycles. The smallest absolute Gasteiger partial charge is 0.414 e. The maximum Gasteiger partial charge on any atom is 0.414 e. The molecule has 0 atom stereocenters. The number of carbonyl (C=O) groups is 2. The van der Waals surface area contributed by atoms with Crippen LogP contribution < -0.4 is 10.2 Å². The highest BCUT2D eigenvalue weighted by Gasteiger charge is 2.23. The molecule has 1 aliphatic heterocycles. The number of halogens is 1. The van der Waals surface area contributed by atoms with Crippen LogP contribution in [-0.4, -0.2) is 35.3 Å². The predicted molar refractivity (Wildman–Crippen MR) is 96.7 cm³/mol. The molecule has 0 bridgehead atoms. The highest BCUT2D eigenvalue weighted by molar-refractivity contribution is 9.10. The Balaban J connectivity index is 1.67. The maximum atomic E-state index is 12.4. The first-order chi connectivity index (χ1) is 12.0. The van der Waals surface area contributed by atoms with Gasteiger partial charge in [0.2, 0.25) is 0 Å². The summed E-state index contributed by atoms with van der Waals surface area (Å²) < 4.78 is 5.64. The number of hydrogen-bond acceptors (Lipinski definition) is 4. The summed E-state index contributed by atoms with van der Waals surface area (Å²) >= 11 is 3.43. The lowest BCUT2D eigenvalue weighted by atomic mass is 10.1. The summed E-state index contributed by atoms with van der Waals surface area (Å²) in [7, 11) is 0. The van der Waals surface area contributed by atoms with Crippen LogP contribution in [0.5, 0.6) is 0 Å². The van der Waals surface area contributed by atoms with Crippen LogP contribution in [0.2, 0.25) is 0 Å². The summed E-state index contributed by atoms with van der Waals surface area (Å²) in [5.41, 5.74) is 2.88. The lowest BCUT2D eigenvalue weighted by Gasteiger charge is -2.14. The third-order valence-electron chi connectivity index (χ3n) is 3.96. The average molecular weight is 407 g/mol. The topological polar surface area (TPSA) is 87.3 Å². The Morgan fingerprint density at radius 1 is 1.48 bits per heavy atom. The Morgan fingerprint density at radius 2 is 2.28 bits per heavy atom. The van der Waals surface area contributed by atoms with Crippen LogP contribution in [-0.2, 0) is 11.3 Å². The van der Waals surface area contributed by atoms with Crippen molar-refractivity contribution in [2.45, 2.75) is 26.3 Å². The number of nitrogens with zero attached hydrogens (tertiary/aromatic N) is 2. The molecule has 1 fully saturated rings. The van der Waals surface area contributed by atoms with E-state index in [4.69, 9.17) is 4.74 Å². The van der Waals surface area contributed by atoms with Gasteiger partial charge in [0, 0.05) is 12.2 Å². The minimum Gasteiger partial charge on any atom is -0.447 e. The minimum atomic E-state index is -0.345. The SMILES string of the molecule is CC(C)c1[nH]nc(C(=O)NCc2cccc(N3CCOC3=O)c2)c1Br. The van der Waals surface area contributed by atoms with E-state index in [1.807, 2.05) is 38.1 Å². The Bertz CT molecular complexity index is 803. The second-order valence-corrected chi connectivity index (χ2v) is 6.87. The van der Waals surface area contributed by atoms with E-state index in [2.05, 4.69) is 31.4 Å². The summed E-state index contributed by atoms with van der Waals surface area (Å²) in [6.07, 6.45) is -0.345. The van der Waals surface area contributed by atoms with Crippen molar-refractivity contribution in [3.05, 3.63) is 45.7 Å². The Hall–Kier alpha value is -2.35. The van der Waals surface area contributed by atoms with Crippen LogP contribution in [0.1, 0.15) is 41.5 Å². The number of anilines is 1. The van der Waals surface area contributed by atoms with E-state index in [-0.39, 0.29) is 17.9 Å². The van der Waals surface area contributed by atoms with E-state index in [0.717, 1.165) is 16.9 Å². The molecule has 2 amide bonds. The molecular weight excluding hydrogens is 388 g/mol. The van der Waals surface area contributed by atoms with Gasteiger partial charge in [0.1, 0.15) is 6.61 Å². The van der Waals surface area contributed by atoms with Gasteiger partial charge in [0.15, 0.2) is 5.69 Å². The van der Waals surface area contributed by atoms with E-state index in [1.165, 1.54) is 0 Å². The molecule has 2 heterocycles. The molecule has 1 saturated heterocycles. The zero-order valence-electron chi connectivity index (χ0n) is 14.0. The maximum absolute atomic E-state index is 12.4. The number of amides is 2. The molecule has 1 aromatic heterocycles. The number of nitrogens with one attached hydrogen (secondary N) is 2. The molecule has 7 nitrogen and oxygen atoms in total. The number of ether oxygens (including phenoxy) is 1.